The number of anilines is 1. The lowest BCUT2D eigenvalue weighted by Gasteiger charge is -2.37. The number of nitrogens with zero attached hydrogens (tertiary/aromatic N) is 1. The number of hydrogen-bond donors (Lipinski definition) is 1. The summed E-state index contributed by atoms with van der Waals surface area (Å²) >= 11 is 0. The van der Waals surface area contributed by atoms with Crippen LogP contribution in [0.3, 0.4) is 0 Å². The van der Waals surface area contributed by atoms with E-state index >= 15 is 0 Å². The highest BCUT2D eigenvalue weighted by Gasteiger charge is 2.23. The third-order valence-corrected chi connectivity index (χ3v) is 4.22. The smallest absolute Gasteiger partial charge is 0.121 e. The molecule has 1 aliphatic heterocycles. The van der Waals surface area contributed by atoms with Gasteiger partial charge in [0.2, 0.25) is 0 Å². The predicted molar refractivity (Wildman–Crippen MR) is 80.4 cm³/mol. The molecule has 0 spiro atoms. The molecule has 0 bridgehead atoms. The fourth-order valence-corrected chi connectivity index (χ4v) is 2.80. The van der Waals surface area contributed by atoms with Crippen LogP contribution in [0.5, 0.6) is 5.75 Å². The van der Waals surface area contributed by atoms with Crippen molar-refractivity contribution in [1.82, 2.24) is 4.90 Å². The summed E-state index contributed by atoms with van der Waals surface area (Å²) in [5.41, 5.74) is 6.49. The van der Waals surface area contributed by atoms with Crippen molar-refractivity contribution in [3.05, 3.63) is 24.3 Å². The van der Waals surface area contributed by atoms with E-state index in [2.05, 4.69) is 18.7 Å². The van der Waals surface area contributed by atoms with Gasteiger partial charge in [-0.3, -0.25) is 0 Å². The molecule has 0 radical (unpaired) electrons. The van der Waals surface area contributed by atoms with Crippen LogP contribution in [0.25, 0.3) is 0 Å². The molecule has 3 nitrogen and oxygen atoms in total. The molecular weight excluding hydrogens is 236 g/mol. The monoisotopic (exact) mass is 262 g/mol. The van der Waals surface area contributed by atoms with E-state index in [1.165, 1.54) is 19.4 Å². The summed E-state index contributed by atoms with van der Waals surface area (Å²) in [6.45, 7) is 7.85. The summed E-state index contributed by atoms with van der Waals surface area (Å²) in [7, 11) is 0. The molecule has 2 rings (SSSR count). The minimum atomic E-state index is 0.709. The van der Waals surface area contributed by atoms with E-state index in [9.17, 15) is 0 Å². The normalized spacial score (nSPS) is 24.3. The maximum atomic E-state index is 5.73. The Morgan fingerprint density at radius 1 is 1.37 bits per heavy atom. The van der Waals surface area contributed by atoms with Gasteiger partial charge in [0.15, 0.2) is 0 Å². The Hall–Kier alpha value is -1.22. The molecular formula is C16H26N2O. The van der Waals surface area contributed by atoms with Crippen molar-refractivity contribution in [2.24, 2.45) is 5.92 Å². The molecule has 0 aliphatic carbocycles. The van der Waals surface area contributed by atoms with Crippen molar-refractivity contribution in [1.29, 1.82) is 0 Å². The molecule has 0 aromatic heterocycles. The van der Waals surface area contributed by atoms with Crippen molar-refractivity contribution in [3.63, 3.8) is 0 Å². The number of nitrogen functional groups attached to an aromatic ring is 1. The SMILES string of the molecule is CC1CCCN(CCCOc2cccc(N)c2)C1C. The van der Waals surface area contributed by atoms with Crippen molar-refractivity contribution < 1.29 is 4.74 Å². The van der Waals surface area contributed by atoms with Gasteiger partial charge in [-0.05, 0) is 50.8 Å². The van der Waals surface area contributed by atoms with Crippen LogP contribution in [0.4, 0.5) is 5.69 Å². The van der Waals surface area contributed by atoms with Gasteiger partial charge in [0.1, 0.15) is 5.75 Å². The first-order chi connectivity index (χ1) is 9.16. The zero-order valence-corrected chi connectivity index (χ0v) is 12.1. The van der Waals surface area contributed by atoms with Crippen LogP contribution in [-0.4, -0.2) is 30.6 Å². The molecule has 2 atom stereocenters. The number of piperidine rings is 1. The first-order valence-corrected chi connectivity index (χ1v) is 7.39. The lowest BCUT2D eigenvalue weighted by molar-refractivity contribution is 0.106. The largest absolute Gasteiger partial charge is 0.493 e. The molecule has 1 aliphatic rings. The van der Waals surface area contributed by atoms with Gasteiger partial charge in [0.05, 0.1) is 6.61 Å². The topological polar surface area (TPSA) is 38.5 Å². The minimum Gasteiger partial charge on any atom is -0.493 e. The Morgan fingerprint density at radius 3 is 3.00 bits per heavy atom. The predicted octanol–water partition coefficient (Wildman–Crippen LogP) is 3.16. The molecule has 19 heavy (non-hydrogen) atoms. The molecule has 106 valence electrons. The zero-order chi connectivity index (χ0) is 13.7. The van der Waals surface area contributed by atoms with Gasteiger partial charge in [0.25, 0.3) is 0 Å². The summed E-state index contributed by atoms with van der Waals surface area (Å²) < 4.78 is 5.73. The molecule has 0 saturated carbocycles. The molecule has 1 heterocycles. The molecule has 2 N–H and O–H groups in total. The van der Waals surface area contributed by atoms with Crippen molar-refractivity contribution in [2.45, 2.75) is 39.2 Å². The molecule has 1 aromatic rings. The van der Waals surface area contributed by atoms with Crippen LogP contribution < -0.4 is 10.5 Å². The van der Waals surface area contributed by atoms with Gasteiger partial charge < -0.3 is 15.4 Å². The van der Waals surface area contributed by atoms with Crippen LogP contribution in [0.1, 0.15) is 33.1 Å². The van der Waals surface area contributed by atoms with E-state index in [-0.39, 0.29) is 0 Å². The third kappa shape index (κ3) is 4.13. The van der Waals surface area contributed by atoms with E-state index in [0.29, 0.717) is 6.04 Å². The highest BCUT2D eigenvalue weighted by molar-refractivity contribution is 5.43. The summed E-state index contributed by atoms with van der Waals surface area (Å²) in [5.74, 6) is 1.70. The highest BCUT2D eigenvalue weighted by Crippen LogP contribution is 2.22. The van der Waals surface area contributed by atoms with Crippen LogP contribution in [0.2, 0.25) is 0 Å². The second-order valence-electron chi connectivity index (χ2n) is 5.67. The number of rotatable bonds is 5. The maximum absolute atomic E-state index is 5.73. The van der Waals surface area contributed by atoms with Crippen molar-refractivity contribution in [3.8, 4) is 5.75 Å². The van der Waals surface area contributed by atoms with Gasteiger partial charge in [-0.25, -0.2) is 0 Å². The second kappa shape index (κ2) is 6.80. The molecule has 1 saturated heterocycles. The summed E-state index contributed by atoms with van der Waals surface area (Å²) in [6.07, 6.45) is 3.78. The van der Waals surface area contributed by atoms with Gasteiger partial charge in [-0.15, -0.1) is 0 Å². The second-order valence-corrected chi connectivity index (χ2v) is 5.67. The van der Waals surface area contributed by atoms with Crippen molar-refractivity contribution >= 4 is 5.69 Å². The number of likely N-dealkylation sites (tertiary alicyclic amines) is 1. The van der Waals surface area contributed by atoms with E-state index < -0.39 is 0 Å². The Kier molecular flexibility index (Phi) is 5.08. The fraction of sp³-hybridized carbons (Fsp3) is 0.625. The molecule has 1 aromatic carbocycles. The highest BCUT2D eigenvalue weighted by atomic mass is 16.5. The van der Waals surface area contributed by atoms with Gasteiger partial charge >= 0.3 is 0 Å². The van der Waals surface area contributed by atoms with Crippen LogP contribution in [-0.2, 0) is 0 Å². The van der Waals surface area contributed by atoms with E-state index in [1.807, 2.05) is 24.3 Å². The Morgan fingerprint density at radius 2 is 2.21 bits per heavy atom. The Labute approximate surface area is 116 Å². The van der Waals surface area contributed by atoms with Gasteiger partial charge in [0, 0.05) is 24.3 Å². The number of hydrogen-bond acceptors (Lipinski definition) is 3. The Bertz CT molecular complexity index is 394. The first-order valence-electron chi connectivity index (χ1n) is 7.39. The number of nitrogens with two attached hydrogens (primary N) is 1. The summed E-state index contributed by atoms with van der Waals surface area (Å²) in [6, 6.07) is 8.36. The summed E-state index contributed by atoms with van der Waals surface area (Å²) in [4.78, 5) is 2.59. The Balaban J connectivity index is 1.69. The average molecular weight is 262 g/mol. The van der Waals surface area contributed by atoms with Crippen LogP contribution in [0.15, 0.2) is 24.3 Å². The van der Waals surface area contributed by atoms with E-state index in [4.69, 9.17) is 10.5 Å². The average Bonchev–Trinajstić information content (AvgIpc) is 2.39. The quantitative estimate of drug-likeness (QED) is 0.654. The van der Waals surface area contributed by atoms with Crippen LogP contribution >= 0.6 is 0 Å². The van der Waals surface area contributed by atoms with Crippen LogP contribution in [0, 0.1) is 5.92 Å². The number of benzene rings is 1. The number of ether oxygens (including phenoxy) is 1. The van der Waals surface area contributed by atoms with Gasteiger partial charge in [-0.2, -0.15) is 0 Å². The summed E-state index contributed by atoms with van der Waals surface area (Å²) in [5, 5.41) is 0. The van der Waals surface area contributed by atoms with E-state index in [1.54, 1.807) is 0 Å². The lowest BCUT2D eigenvalue weighted by atomic mass is 9.92. The van der Waals surface area contributed by atoms with Crippen molar-refractivity contribution in [2.75, 3.05) is 25.4 Å². The molecule has 0 amide bonds. The molecule has 1 fully saturated rings. The lowest BCUT2D eigenvalue weighted by Crippen LogP contribution is -2.43. The molecule has 3 heteroatoms. The molecule has 2 unspecified atom stereocenters. The standard InChI is InChI=1S/C16H26N2O/c1-13-6-4-9-18(14(13)2)10-5-11-19-16-8-3-7-15(17)12-16/h3,7-8,12-14H,4-6,9-11,17H2,1-2H3. The van der Waals surface area contributed by atoms with E-state index in [0.717, 1.165) is 36.9 Å². The zero-order valence-electron chi connectivity index (χ0n) is 12.1. The minimum absolute atomic E-state index is 0.709. The first kappa shape index (κ1) is 14.2. The third-order valence-electron chi connectivity index (χ3n) is 4.22. The maximum Gasteiger partial charge on any atom is 0.121 e. The fourth-order valence-electron chi connectivity index (χ4n) is 2.80. The van der Waals surface area contributed by atoms with Gasteiger partial charge in [-0.1, -0.05) is 13.0 Å².